The maximum absolute atomic E-state index is 12.3. The zero-order valence-electron chi connectivity index (χ0n) is 17.1. The molecule has 0 fully saturated rings. The van der Waals surface area contributed by atoms with E-state index in [1.807, 2.05) is 24.6 Å². The molecule has 2 N–H and O–H groups in total. The highest BCUT2D eigenvalue weighted by atomic mass is 127. The Morgan fingerprint density at radius 1 is 1.24 bits per heavy atom. The maximum Gasteiger partial charge on any atom is 0.272 e. The van der Waals surface area contributed by atoms with Gasteiger partial charge >= 0.3 is 0 Å². The third-order valence-corrected chi connectivity index (χ3v) is 3.98. The maximum atomic E-state index is 12.3. The third kappa shape index (κ3) is 9.42. The summed E-state index contributed by atoms with van der Waals surface area (Å²) >= 11 is 0. The first-order valence-electron chi connectivity index (χ1n) is 9.51. The number of guanidine groups is 1. The summed E-state index contributed by atoms with van der Waals surface area (Å²) in [6, 6.07) is 9.14. The zero-order valence-corrected chi connectivity index (χ0v) is 19.5. The number of hydrogen-bond donors (Lipinski definition) is 2. The number of rotatable bonds is 10. The van der Waals surface area contributed by atoms with Crippen LogP contribution in [0.15, 0.2) is 35.3 Å². The lowest BCUT2D eigenvalue weighted by atomic mass is 10.2. The predicted octanol–water partition coefficient (Wildman–Crippen LogP) is 3.91. The summed E-state index contributed by atoms with van der Waals surface area (Å²) in [4.78, 5) is 4.55. The second-order valence-corrected chi connectivity index (χ2v) is 6.48. The Bertz CT molecular complexity index is 767. The molecule has 29 heavy (non-hydrogen) atoms. The van der Waals surface area contributed by atoms with E-state index >= 15 is 0 Å². The number of aromatic nitrogens is 2. The van der Waals surface area contributed by atoms with Crippen LogP contribution in [0.5, 0.6) is 5.75 Å². The average molecular weight is 521 g/mol. The SMILES string of the molecule is CCNC(=NCc1cccc(OCC(F)F)c1)NCCCn1nc(C)cc1C.I. The first-order chi connectivity index (χ1) is 13.5. The number of halogens is 3. The number of hydrogen-bond acceptors (Lipinski definition) is 3. The minimum absolute atomic E-state index is 0. The number of benzene rings is 1. The molecule has 6 nitrogen and oxygen atoms in total. The molecule has 1 aromatic heterocycles. The molecule has 0 radical (unpaired) electrons. The number of nitrogens with zero attached hydrogens (tertiary/aromatic N) is 3. The van der Waals surface area contributed by atoms with E-state index in [2.05, 4.69) is 33.7 Å². The van der Waals surface area contributed by atoms with Gasteiger partial charge in [0.1, 0.15) is 12.4 Å². The average Bonchev–Trinajstić information content (AvgIpc) is 2.99. The molecule has 2 aromatic rings. The van der Waals surface area contributed by atoms with Crippen molar-refractivity contribution < 1.29 is 13.5 Å². The smallest absolute Gasteiger partial charge is 0.272 e. The van der Waals surface area contributed by atoms with Crippen LogP contribution in [0.4, 0.5) is 8.78 Å². The molecule has 0 aliphatic rings. The van der Waals surface area contributed by atoms with Crippen molar-refractivity contribution in [3.05, 3.63) is 47.3 Å². The molecule has 0 aliphatic heterocycles. The summed E-state index contributed by atoms with van der Waals surface area (Å²) in [7, 11) is 0. The van der Waals surface area contributed by atoms with Gasteiger partial charge in [-0.05, 0) is 51.0 Å². The lowest BCUT2D eigenvalue weighted by Gasteiger charge is -2.12. The molecule has 0 aliphatic carbocycles. The Balaban J connectivity index is 0.00000420. The monoisotopic (exact) mass is 521 g/mol. The van der Waals surface area contributed by atoms with Crippen LogP contribution < -0.4 is 15.4 Å². The second-order valence-electron chi connectivity index (χ2n) is 6.48. The van der Waals surface area contributed by atoms with Crippen LogP contribution in [0.2, 0.25) is 0 Å². The molecule has 2 rings (SSSR count). The summed E-state index contributed by atoms with van der Waals surface area (Å²) in [6.45, 7) is 8.23. The van der Waals surface area contributed by atoms with Crippen LogP contribution in [0.25, 0.3) is 0 Å². The minimum atomic E-state index is -2.49. The molecule has 1 heterocycles. The Morgan fingerprint density at radius 3 is 2.69 bits per heavy atom. The molecular weight excluding hydrogens is 491 g/mol. The highest BCUT2D eigenvalue weighted by molar-refractivity contribution is 14.0. The van der Waals surface area contributed by atoms with Gasteiger partial charge in [-0.2, -0.15) is 5.10 Å². The second kappa shape index (κ2) is 13.3. The normalized spacial score (nSPS) is 11.3. The molecule has 0 bridgehead atoms. The Morgan fingerprint density at radius 2 is 2.03 bits per heavy atom. The lowest BCUT2D eigenvalue weighted by Crippen LogP contribution is -2.38. The molecule has 1 aromatic carbocycles. The molecule has 9 heteroatoms. The van der Waals surface area contributed by atoms with Gasteiger partial charge in [-0.3, -0.25) is 4.68 Å². The van der Waals surface area contributed by atoms with Gasteiger partial charge in [0.05, 0.1) is 12.2 Å². The van der Waals surface area contributed by atoms with Gasteiger partial charge in [-0.25, -0.2) is 13.8 Å². The van der Waals surface area contributed by atoms with E-state index in [1.165, 1.54) is 0 Å². The number of alkyl halides is 2. The van der Waals surface area contributed by atoms with E-state index < -0.39 is 13.0 Å². The number of aliphatic imine (C=N–C) groups is 1. The van der Waals surface area contributed by atoms with Crippen molar-refractivity contribution in [2.45, 2.75) is 46.7 Å². The fourth-order valence-corrected chi connectivity index (χ4v) is 2.74. The highest BCUT2D eigenvalue weighted by Gasteiger charge is 2.05. The molecular formula is C20H30F2IN5O. The molecule has 0 saturated carbocycles. The fraction of sp³-hybridized carbons (Fsp3) is 0.500. The van der Waals surface area contributed by atoms with Crippen molar-refractivity contribution in [2.24, 2.45) is 4.99 Å². The van der Waals surface area contributed by atoms with Crippen molar-refractivity contribution in [1.82, 2.24) is 20.4 Å². The number of nitrogens with one attached hydrogen (secondary N) is 2. The van der Waals surface area contributed by atoms with E-state index in [0.29, 0.717) is 12.3 Å². The summed E-state index contributed by atoms with van der Waals surface area (Å²) in [5, 5.41) is 11.0. The predicted molar refractivity (Wildman–Crippen MR) is 122 cm³/mol. The molecule has 0 atom stereocenters. The van der Waals surface area contributed by atoms with Gasteiger partial charge in [0, 0.05) is 25.3 Å². The quantitative estimate of drug-likeness (QED) is 0.216. The van der Waals surface area contributed by atoms with Gasteiger partial charge in [-0.1, -0.05) is 12.1 Å². The van der Waals surface area contributed by atoms with E-state index in [0.717, 1.165) is 49.0 Å². The zero-order chi connectivity index (χ0) is 20.4. The van der Waals surface area contributed by atoms with Crippen LogP contribution in [0.1, 0.15) is 30.3 Å². The number of aryl methyl sites for hydroxylation is 3. The number of ether oxygens (including phenoxy) is 1. The summed E-state index contributed by atoms with van der Waals surface area (Å²) in [5.41, 5.74) is 3.08. The van der Waals surface area contributed by atoms with Gasteiger partial charge in [-0.15, -0.1) is 24.0 Å². The largest absolute Gasteiger partial charge is 0.488 e. The van der Waals surface area contributed by atoms with Gasteiger partial charge in [0.15, 0.2) is 5.96 Å². The van der Waals surface area contributed by atoms with E-state index in [9.17, 15) is 8.78 Å². The molecule has 0 spiro atoms. The Kier molecular flexibility index (Phi) is 11.6. The van der Waals surface area contributed by atoms with Crippen LogP contribution in [-0.4, -0.2) is 41.9 Å². The molecule has 0 unspecified atom stereocenters. The van der Waals surface area contributed by atoms with Crippen molar-refractivity contribution in [3.63, 3.8) is 0 Å². The van der Waals surface area contributed by atoms with E-state index in [4.69, 9.17) is 4.74 Å². The Hall–Kier alpha value is -1.91. The van der Waals surface area contributed by atoms with Crippen molar-refractivity contribution in [1.29, 1.82) is 0 Å². The first kappa shape index (κ1) is 25.1. The molecule has 0 amide bonds. The standard InChI is InChI=1S/C20H29F2N5O.HI/c1-4-23-20(24-9-6-10-27-16(3)11-15(2)26-27)25-13-17-7-5-8-18(12-17)28-14-19(21)22;/h5,7-8,11-12,19H,4,6,9-10,13-14H2,1-3H3,(H2,23,24,25);1H. The lowest BCUT2D eigenvalue weighted by molar-refractivity contribution is 0.0818. The van der Waals surface area contributed by atoms with Gasteiger partial charge < -0.3 is 15.4 Å². The van der Waals surface area contributed by atoms with Crippen LogP contribution in [0, 0.1) is 13.8 Å². The van der Waals surface area contributed by atoms with Crippen molar-refractivity contribution in [2.75, 3.05) is 19.7 Å². The highest BCUT2D eigenvalue weighted by Crippen LogP contribution is 2.15. The van der Waals surface area contributed by atoms with E-state index in [1.54, 1.807) is 18.2 Å². The fourth-order valence-electron chi connectivity index (χ4n) is 2.74. The van der Waals surface area contributed by atoms with Crippen molar-refractivity contribution >= 4 is 29.9 Å². The van der Waals surface area contributed by atoms with Crippen molar-refractivity contribution in [3.8, 4) is 5.75 Å². The summed E-state index contributed by atoms with van der Waals surface area (Å²) in [5.74, 6) is 1.14. The topological polar surface area (TPSA) is 63.5 Å². The van der Waals surface area contributed by atoms with Gasteiger partial charge in [0.2, 0.25) is 0 Å². The first-order valence-corrected chi connectivity index (χ1v) is 9.51. The molecule has 162 valence electrons. The van der Waals surface area contributed by atoms with Crippen LogP contribution in [-0.2, 0) is 13.1 Å². The van der Waals surface area contributed by atoms with E-state index in [-0.39, 0.29) is 24.0 Å². The Labute approximate surface area is 188 Å². The molecule has 0 saturated heterocycles. The van der Waals surface area contributed by atoms with Crippen LogP contribution >= 0.6 is 24.0 Å². The van der Waals surface area contributed by atoms with Crippen LogP contribution in [0.3, 0.4) is 0 Å². The van der Waals surface area contributed by atoms with Gasteiger partial charge in [0.25, 0.3) is 6.43 Å². The minimum Gasteiger partial charge on any atom is -0.488 e. The summed E-state index contributed by atoms with van der Waals surface area (Å²) in [6.07, 6.45) is -1.57. The summed E-state index contributed by atoms with van der Waals surface area (Å²) < 4.78 is 31.6. The third-order valence-electron chi connectivity index (χ3n) is 3.98.